The van der Waals surface area contributed by atoms with Gasteiger partial charge in [-0.15, -0.1) is 0 Å². The van der Waals surface area contributed by atoms with E-state index < -0.39 is 0 Å². The number of amides is 5. The minimum Gasteiger partial charge on any atom is -0.368 e. The van der Waals surface area contributed by atoms with Gasteiger partial charge in [0.25, 0.3) is 0 Å². The summed E-state index contributed by atoms with van der Waals surface area (Å²) in [6.07, 6.45) is 0.517. The number of piperazine rings is 1. The molecule has 1 aromatic rings. The number of nitrogens with zero attached hydrogens (tertiary/aromatic N) is 4. The largest absolute Gasteiger partial charge is 0.368 e. The van der Waals surface area contributed by atoms with E-state index in [-0.39, 0.29) is 49.8 Å². The summed E-state index contributed by atoms with van der Waals surface area (Å²) in [6.45, 7) is 2.83. The van der Waals surface area contributed by atoms with Crippen LogP contribution in [0, 0.1) is 0 Å². The second-order valence-electron chi connectivity index (χ2n) is 7.41. The maximum Gasteiger partial charge on any atom is 0.326 e. The van der Waals surface area contributed by atoms with Crippen LogP contribution in [-0.4, -0.2) is 91.3 Å². The number of imide groups is 1. The lowest BCUT2D eigenvalue weighted by Gasteiger charge is -2.36. The summed E-state index contributed by atoms with van der Waals surface area (Å²) in [7, 11) is 1.56. The van der Waals surface area contributed by atoms with Gasteiger partial charge in [-0.25, -0.2) is 4.79 Å². The molecule has 2 fully saturated rings. The van der Waals surface area contributed by atoms with Gasteiger partial charge in [0.2, 0.25) is 17.7 Å². The number of rotatable bonds is 7. The summed E-state index contributed by atoms with van der Waals surface area (Å²) in [4.78, 5) is 54.3. The fourth-order valence-electron chi connectivity index (χ4n) is 3.53. The van der Waals surface area contributed by atoms with Gasteiger partial charge in [-0.3, -0.25) is 19.3 Å². The fraction of sp³-hybridized carbons (Fsp3) is 0.500. The molecule has 0 aliphatic carbocycles. The smallest absolute Gasteiger partial charge is 0.326 e. The molecular weight excluding hydrogens is 410 g/mol. The van der Waals surface area contributed by atoms with E-state index in [2.05, 4.69) is 10.2 Å². The summed E-state index contributed by atoms with van der Waals surface area (Å²) in [5.74, 6) is -0.642. The van der Waals surface area contributed by atoms with E-state index in [0.717, 1.165) is 10.6 Å². The Hall–Kier alpha value is -2.81. The maximum atomic E-state index is 12.4. The van der Waals surface area contributed by atoms with Gasteiger partial charge in [0.1, 0.15) is 6.54 Å². The lowest BCUT2D eigenvalue weighted by atomic mass is 10.2. The van der Waals surface area contributed by atoms with Gasteiger partial charge in [-0.2, -0.15) is 0 Å². The van der Waals surface area contributed by atoms with Crippen LogP contribution < -0.4 is 10.2 Å². The Balaban J connectivity index is 1.33. The van der Waals surface area contributed by atoms with Crippen LogP contribution in [0.3, 0.4) is 0 Å². The van der Waals surface area contributed by atoms with Crippen molar-refractivity contribution in [1.29, 1.82) is 0 Å². The number of hydrogen-bond donors (Lipinski definition) is 1. The second kappa shape index (κ2) is 9.80. The molecule has 1 aromatic carbocycles. The number of anilines is 1. The van der Waals surface area contributed by atoms with Gasteiger partial charge in [0, 0.05) is 56.9 Å². The first-order chi connectivity index (χ1) is 14.3. The minimum atomic E-state index is -0.340. The quantitative estimate of drug-likeness (QED) is 0.639. The molecule has 10 heteroatoms. The number of likely N-dealkylation sites (N-methyl/N-ethyl adjacent to an activating group) is 1. The zero-order valence-electron chi connectivity index (χ0n) is 17.0. The molecule has 2 aliphatic heterocycles. The standard InChI is InChI=1S/C20H26ClN5O4/c1-23-14-19(29)26(20(23)30)8-2-3-17(27)22-13-18(28)25-11-9-24(10-12-25)16-6-4-15(21)5-7-16/h4-7H,2-3,8-14H2,1H3,(H,22,27). The van der Waals surface area contributed by atoms with Gasteiger partial charge in [-0.1, -0.05) is 11.6 Å². The number of carbonyl (C=O) groups excluding carboxylic acids is 4. The Kier molecular flexibility index (Phi) is 7.15. The maximum absolute atomic E-state index is 12.4. The molecule has 0 spiro atoms. The predicted octanol–water partition coefficient (Wildman–Crippen LogP) is 0.779. The molecule has 2 heterocycles. The Bertz CT molecular complexity index is 808. The van der Waals surface area contributed by atoms with Gasteiger partial charge in [0.05, 0.1) is 6.54 Å². The highest BCUT2D eigenvalue weighted by molar-refractivity contribution is 6.30. The Morgan fingerprint density at radius 3 is 2.33 bits per heavy atom. The number of nitrogens with one attached hydrogen (secondary N) is 1. The van der Waals surface area contributed by atoms with E-state index in [4.69, 9.17) is 11.6 Å². The molecule has 0 atom stereocenters. The third-order valence-electron chi connectivity index (χ3n) is 5.28. The Labute approximate surface area is 180 Å². The van der Waals surface area contributed by atoms with Crippen molar-refractivity contribution < 1.29 is 19.2 Å². The Morgan fingerprint density at radius 1 is 1.07 bits per heavy atom. The third-order valence-corrected chi connectivity index (χ3v) is 5.53. The minimum absolute atomic E-state index is 0.0515. The molecule has 0 radical (unpaired) electrons. The lowest BCUT2D eigenvalue weighted by Crippen LogP contribution is -2.51. The predicted molar refractivity (Wildman–Crippen MR) is 112 cm³/mol. The number of carbonyl (C=O) groups is 4. The average Bonchev–Trinajstić information content (AvgIpc) is 2.98. The highest BCUT2D eigenvalue weighted by atomic mass is 35.5. The van der Waals surface area contributed by atoms with Crippen molar-refractivity contribution in [3.05, 3.63) is 29.3 Å². The number of benzene rings is 1. The molecule has 3 rings (SSSR count). The molecule has 0 bridgehead atoms. The van der Waals surface area contributed by atoms with Crippen molar-refractivity contribution in [2.75, 3.05) is 57.8 Å². The molecule has 2 saturated heterocycles. The summed E-state index contributed by atoms with van der Waals surface area (Å²) in [5.41, 5.74) is 1.07. The molecule has 162 valence electrons. The highest BCUT2D eigenvalue weighted by Crippen LogP contribution is 2.19. The van der Waals surface area contributed by atoms with E-state index >= 15 is 0 Å². The monoisotopic (exact) mass is 435 g/mol. The van der Waals surface area contributed by atoms with Crippen molar-refractivity contribution in [3.63, 3.8) is 0 Å². The average molecular weight is 436 g/mol. The van der Waals surface area contributed by atoms with Crippen molar-refractivity contribution in [2.45, 2.75) is 12.8 Å². The second-order valence-corrected chi connectivity index (χ2v) is 7.84. The lowest BCUT2D eigenvalue weighted by molar-refractivity contribution is -0.133. The van der Waals surface area contributed by atoms with Gasteiger partial charge >= 0.3 is 6.03 Å². The van der Waals surface area contributed by atoms with Crippen molar-refractivity contribution in [3.8, 4) is 0 Å². The van der Waals surface area contributed by atoms with Crippen LogP contribution in [0.5, 0.6) is 0 Å². The van der Waals surface area contributed by atoms with Crippen LogP contribution in [0.25, 0.3) is 0 Å². The molecule has 2 aliphatic rings. The Morgan fingerprint density at radius 2 is 1.73 bits per heavy atom. The molecule has 30 heavy (non-hydrogen) atoms. The third kappa shape index (κ3) is 5.41. The van der Waals surface area contributed by atoms with E-state index in [9.17, 15) is 19.2 Å². The summed E-state index contributed by atoms with van der Waals surface area (Å²) >= 11 is 5.92. The molecule has 0 saturated carbocycles. The normalized spacial score (nSPS) is 17.0. The number of hydrogen-bond acceptors (Lipinski definition) is 5. The molecule has 0 unspecified atom stereocenters. The topological polar surface area (TPSA) is 93.3 Å². The molecule has 9 nitrogen and oxygen atoms in total. The van der Waals surface area contributed by atoms with Crippen LogP contribution in [0.2, 0.25) is 5.02 Å². The molecule has 1 N–H and O–H groups in total. The molecule has 5 amide bonds. The van der Waals surface area contributed by atoms with Gasteiger partial charge in [-0.05, 0) is 30.7 Å². The van der Waals surface area contributed by atoms with Crippen molar-refractivity contribution in [2.24, 2.45) is 0 Å². The molecular formula is C20H26ClN5O4. The fourth-order valence-corrected chi connectivity index (χ4v) is 3.65. The summed E-state index contributed by atoms with van der Waals surface area (Å²) in [6, 6.07) is 7.27. The van der Waals surface area contributed by atoms with Crippen LogP contribution in [-0.2, 0) is 14.4 Å². The zero-order chi connectivity index (χ0) is 21.7. The van der Waals surface area contributed by atoms with Crippen molar-refractivity contribution >= 4 is 41.0 Å². The zero-order valence-corrected chi connectivity index (χ0v) is 17.7. The SMILES string of the molecule is CN1CC(=O)N(CCCC(=O)NCC(=O)N2CCN(c3ccc(Cl)cc3)CC2)C1=O. The van der Waals surface area contributed by atoms with Crippen LogP contribution >= 0.6 is 11.6 Å². The first kappa shape index (κ1) is 21.9. The first-order valence-corrected chi connectivity index (χ1v) is 10.3. The van der Waals surface area contributed by atoms with E-state index in [1.165, 1.54) is 4.90 Å². The van der Waals surface area contributed by atoms with Gasteiger partial charge in [0.15, 0.2) is 0 Å². The van der Waals surface area contributed by atoms with Crippen LogP contribution in [0.15, 0.2) is 24.3 Å². The van der Waals surface area contributed by atoms with Crippen LogP contribution in [0.1, 0.15) is 12.8 Å². The first-order valence-electron chi connectivity index (χ1n) is 9.95. The van der Waals surface area contributed by atoms with E-state index in [0.29, 0.717) is 37.6 Å². The van der Waals surface area contributed by atoms with Gasteiger partial charge < -0.3 is 20.0 Å². The number of halogens is 1. The summed E-state index contributed by atoms with van der Waals surface area (Å²) in [5, 5.41) is 3.32. The van der Waals surface area contributed by atoms with E-state index in [1.54, 1.807) is 11.9 Å². The van der Waals surface area contributed by atoms with Crippen molar-refractivity contribution in [1.82, 2.24) is 20.0 Å². The highest BCUT2D eigenvalue weighted by Gasteiger charge is 2.32. The summed E-state index contributed by atoms with van der Waals surface area (Å²) < 4.78 is 0. The number of urea groups is 1. The van der Waals surface area contributed by atoms with E-state index in [1.807, 2.05) is 24.3 Å². The molecule has 0 aromatic heterocycles. The van der Waals surface area contributed by atoms with Crippen LogP contribution in [0.4, 0.5) is 10.5 Å².